The number of nitrogens with zero attached hydrogens (tertiary/aromatic N) is 2. The van der Waals surface area contributed by atoms with Crippen LogP contribution in [0.4, 0.5) is 5.69 Å². The van der Waals surface area contributed by atoms with E-state index in [4.69, 9.17) is 9.05 Å². The van der Waals surface area contributed by atoms with E-state index >= 15 is 0 Å². The number of carbonyl (C=O) groups is 1. The summed E-state index contributed by atoms with van der Waals surface area (Å²) in [6.07, 6.45) is 15.7. The molecular formula is C31H57N3O4P+. The van der Waals surface area contributed by atoms with Crippen LogP contribution in [0, 0.1) is 0 Å². The lowest BCUT2D eigenvalue weighted by Gasteiger charge is -2.43. The number of piperazine rings is 1. The molecule has 1 aromatic carbocycles. The maximum absolute atomic E-state index is 11.9. The SMILES string of the molecule is CCCCCCCCCCNC(=O)CCCOP(O)OCCCCCC[N+]1(C)CCN(c2ccccc2)CC1. The first-order valence-corrected chi connectivity index (χ1v) is 16.8. The predicted octanol–water partition coefficient (Wildman–Crippen LogP) is 6.80. The third-order valence-electron chi connectivity index (χ3n) is 7.84. The Labute approximate surface area is 240 Å². The van der Waals surface area contributed by atoms with Crippen LogP contribution in [-0.4, -0.2) is 74.8 Å². The highest BCUT2D eigenvalue weighted by atomic mass is 31.2. The van der Waals surface area contributed by atoms with E-state index in [2.05, 4.69) is 54.5 Å². The van der Waals surface area contributed by atoms with Crippen LogP contribution >= 0.6 is 8.60 Å². The molecule has 1 heterocycles. The molecule has 1 unspecified atom stereocenters. The number of quaternary nitrogens is 1. The number of nitrogens with one attached hydrogen (secondary N) is 1. The van der Waals surface area contributed by atoms with Crippen molar-refractivity contribution < 1.29 is 23.2 Å². The molecule has 1 fully saturated rings. The lowest BCUT2D eigenvalue weighted by Crippen LogP contribution is -2.57. The number of hydrogen-bond donors (Lipinski definition) is 2. The van der Waals surface area contributed by atoms with Gasteiger partial charge in [-0.1, -0.05) is 76.5 Å². The van der Waals surface area contributed by atoms with E-state index in [9.17, 15) is 9.69 Å². The van der Waals surface area contributed by atoms with Crippen molar-refractivity contribution in [3.05, 3.63) is 30.3 Å². The van der Waals surface area contributed by atoms with Crippen molar-refractivity contribution in [1.82, 2.24) is 5.32 Å². The number of likely N-dealkylation sites (N-methyl/N-ethyl adjacent to an activating group) is 1. The van der Waals surface area contributed by atoms with Crippen molar-refractivity contribution in [2.24, 2.45) is 0 Å². The molecule has 1 aromatic rings. The van der Waals surface area contributed by atoms with Crippen molar-refractivity contribution in [3.8, 4) is 0 Å². The van der Waals surface area contributed by atoms with Gasteiger partial charge in [0, 0.05) is 18.7 Å². The molecule has 39 heavy (non-hydrogen) atoms. The second kappa shape index (κ2) is 21.5. The topological polar surface area (TPSA) is 71.0 Å². The molecule has 1 saturated heterocycles. The van der Waals surface area contributed by atoms with Crippen molar-refractivity contribution in [2.45, 2.75) is 96.8 Å². The summed E-state index contributed by atoms with van der Waals surface area (Å²) in [5, 5.41) is 2.99. The van der Waals surface area contributed by atoms with E-state index in [0.29, 0.717) is 26.1 Å². The number of amides is 1. The summed E-state index contributed by atoms with van der Waals surface area (Å²) >= 11 is 0. The van der Waals surface area contributed by atoms with Crippen LogP contribution in [0.15, 0.2) is 30.3 Å². The molecule has 0 saturated carbocycles. The van der Waals surface area contributed by atoms with Gasteiger partial charge in [0.1, 0.15) is 0 Å². The largest absolute Gasteiger partial charge is 0.360 e. The van der Waals surface area contributed by atoms with E-state index in [0.717, 1.165) is 43.4 Å². The zero-order chi connectivity index (χ0) is 28.0. The third kappa shape index (κ3) is 16.6. The molecule has 1 aliphatic heterocycles. The Kier molecular flexibility index (Phi) is 18.7. The Morgan fingerprint density at radius 3 is 2.15 bits per heavy atom. The van der Waals surface area contributed by atoms with Crippen molar-refractivity contribution in [1.29, 1.82) is 0 Å². The number of benzene rings is 1. The number of unbranched alkanes of at least 4 members (excludes halogenated alkanes) is 10. The Morgan fingerprint density at radius 1 is 0.872 bits per heavy atom. The molecule has 0 radical (unpaired) electrons. The van der Waals surface area contributed by atoms with Gasteiger partial charge in [-0.3, -0.25) is 4.79 Å². The molecule has 8 heteroatoms. The van der Waals surface area contributed by atoms with Gasteiger partial charge in [-0.25, -0.2) is 0 Å². The molecule has 0 aliphatic carbocycles. The molecule has 0 spiro atoms. The van der Waals surface area contributed by atoms with Gasteiger partial charge in [0.25, 0.3) is 0 Å². The Bertz CT molecular complexity index is 732. The third-order valence-corrected chi connectivity index (χ3v) is 8.64. The molecular weight excluding hydrogens is 509 g/mol. The smallest absolute Gasteiger partial charge is 0.329 e. The summed E-state index contributed by atoms with van der Waals surface area (Å²) in [6.45, 7) is 9.76. The van der Waals surface area contributed by atoms with E-state index in [1.807, 2.05) is 0 Å². The van der Waals surface area contributed by atoms with E-state index in [-0.39, 0.29) is 5.91 Å². The number of para-hydroxylation sites is 1. The second-order valence-electron chi connectivity index (χ2n) is 11.4. The fraction of sp³-hybridized carbons (Fsp3) is 0.774. The minimum Gasteiger partial charge on any atom is -0.360 e. The summed E-state index contributed by atoms with van der Waals surface area (Å²) in [6, 6.07) is 10.7. The van der Waals surface area contributed by atoms with Crippen molar-refractivity contribution in [2.75, 3.05) is 64.4 Å². The Morgan fingerprint density at radius 2 is 1.46 bits per heavy atom. The van der Waals surface area contributed by atoms with Gasteiger partial charge in [-0.2, -0.15) is 0 Å². The molecule has 0 aromatic heterocycles. The molecule has 0 bridgehead atoms. The molecule has 1 aliphatic rings. The quantitative estimate of drug-likeness (QED) is 0.0866. The first-order chi connectivity index (χ1) is 19.0. The van der Waals surface area contributed by atoms with Crippen LogP contribution < -0.4 is 10.2 Å². The van der Waals surface area contributed by atoms with Gasteiger partial charge < -0.3 is 28.6 Å². The summed E-state index contributed by atoms with van der Waals surface area (Å²) < 4.78 is 12.0. The van der Waals surface area contributed by atoms with E-state index in [1.54, 1.807) is 0 Å². The molecule has 7 nitrogen and oxygen atoms in total. The maximum Gasteiger partial charge on any atom is 0.329 e. The average Bonchev–Trinajstić information content (AvgIpc) is 2.95. The molecule has 1 amide bonds. The first kappa shape index (κ1) is 34.0. The zero-order valence-electron chi connectivity index (χ0n) is 25.0. The average molecular weight is 567 g/mol. The predicted molar refractivity (Wildman–Crippen MR) is 164 cm³/mol. The molecule has 2 N–H and O–H groups in total. The lowest BCUT2D eigenvalue weighted by atomic mass is 10.1. The van der Waals surface area contributed by atoms with Crippen LogP contribution in [0.3, 0.4) is 0 Å². The summed E-state index contributed by atoms with van der Waals surface area (Å²) in [4.78, 5) is 24.4. The minimum atomic E-state index is -1.84. The minimum absolute atomic E-state index is 0.0685. The van der Waals surface area contributed by atoms with Gasteiger partial charge in [0.15, 0.2) is 0 Å². The number of carbonyl (C=O) groups excluding carboxylic acids is 1. The van der Waals surface area contributed by atoms with Crippen LogP contribution in [0.5, 0.6) is 0 Å². The van der Waals surface area contributed by atoms with Crippen LogP contribution in [-0.2, 0) is 13.8 Å². The van der Waals surface area contributed by atoms with Gasteiger partial charge in [0.05, 0.1) is 53.0 Å². The Balaban J connectivity index is 1.35. The fourth-order valence-electron chi connectivity index (χ4n) is 5.15. The highest BCUT2D eigenvalue weighted by molar-refractivity contribution is 7.40. The highest BCUT2D eigenvalue weighted by Crippen LogP contribution is 2.33. The zero-order valence-corrected chi connectivity index (χ0v) is 25.9. The maximum atomic E-state index is 11.9. The number of rotatable bonds is 23. The van der Waals surface area contributed by atoms with Crippen molar-refractivity contribution in [3.63, 3.8) is 0 Å². The Hall–Kier alpha value is -1.24. The molecule has 224 valence electrons. The van der Waals surface area contributed by atoms with Crippen LogP contribution in [0.2, 0.25) is 0 Å². The van der Waals surface area contributed by atoms with Crippen LogP contribution in [0.1, 0.15) is 96.8 Å². The lowest BCUT2D eigenvalue weighted by molar-refractivity contribution is -0.910. The van der Waals surface area contributed by atoms with Gasteiger partial charge in [-0.05, 0) is 44.2 Å². The summed E-state index contributed by atoms with van der Waals surface area (Å²) in [5.41, 5.74) is 1.34. The van der Waals surface area contributed by atoms with Gasteiger partial charge in [0.2, 0.25) is 5.91 Å². The standard InChI is InChI=1S/C31H56N3O4P/c1-3-4-5-6-7-8-9-15-22-32-31(35)21-18-29-38-39(36)37-28-17-11-10-16-25-34(2)26-23-33(24-27-34)30-19-13-12-14-20-30/h12-14,19-20,36H,3-11,15-18,21-29H2,1-2H3/p+1. The highest BCUT2D eigenvalue weighted by Gasteiger charge is 2.28. The number of hydrogen-bond acceptors (Lipinski definition) is 5. The normalized spacial score (nSPS) is 15.8. The van der Waals surface area contributed by atoms with E-state index < -0.39 is 8.60 Å². The van der Waals surface area contributed by atoms with Crippen LogP contribution in [0.25, 0.3) is 0 Å². The monoisotopic (exact) mass is 566 g/mol. The van der Waals surface area contributed by atoms with Crippen molar-refractivity contribution >= 4 is 20.2 Å². The first-order valence-electron chi connectivity index (χ1n) is 15.7. The molecule has 2 rings (SSSR count). The van der Waals surface area contributed by atoms with Gasteiger partial charge >= 0.3 is 8.60 Å². The van der Waals surface area contributed by atoms with Gasteiger partial charge in [-0.15, -0.1) is 0 Å². The fourth-order valence-corrected chi connectivity index (χ4v) is 5.79. The number of anilines is 1. The summed E-state index contributed by atoms with van der Waals surface area (Å²) in [7, 11) is 0.550. The summed E-state index contributed by atoms with van der Waals surface area (Å²) in [5.74, 6) is 0.0685. The second-order valence-corrected chi connectivity index (χ2v) is 12.4. The molecule has 1 atom stereocenters. The van der Waals surface area contributed by atoms with E-state index in [1.165, 1.54) is 83.1 Å².